The maximum atomic E-state index is 11.2. The molecule has 2 rings (SSSR count). The number of hydrogen-bond acceptors (Lipinski definition) is 3. The molecule has 2 aromatic carbocycles. The molecule has 0 spiro atoms. The van der Waals surface area contributed by atoms with Gasteiger partial charge in [-0.05, 0) is 29.8 Å². The van der Waals surface area contributed by atoms with E-state index in [0.717, 1.165) is 11.3 Å². The minimum Gasteiger partial charge on any atom is -0.497 e. The van der Waals surface area contributed by atoms with E-state index in [9.17, 15) is 4.79 Å². The molecule has 4 nitrogen and oxygen atoms in total. The molecule has 0 radical (unpaired) electrons. The Bertz CT molecular complexity index is 730. The van der Waals surface area contributed by atoms with Gasteiger partial charge in [0.25, 0.3) is 0 Å². The maximum absolute atomic E-state index is 11.2. The van der Waals surface area contributed by atoms with Crippen LogP contribution >= 0.6 is 23.2 Å². The number of benzene rings is 2. The van der Waals surface area contributed by atoms with E-state index in [2.05, 4.69) is 10.3 Å². The third-order valence-corrected chi connectivity index (χ3v) is 3.41. The van der Waals surface area contributed by atoms with E-state index in [-0.39, 0.29) is 5.91 Å². The van der Waals surface area contributed by atoms with Crippen molar-refractivity contribution in [2.75, 3.05) is 12.4 Å². The third kappa shape index (κ3) is 4.23. The number of nitrogens with zero attached hydrogens (tertiary/aromatic N) is 1. The van der Waals surface area contributed by atoms with Crippen LogP contribution in [0.4, 0.5) is 11.4 Å². The highest BCUT2D eigenvalue weighted by Crippen LogP contribution is 2.34. The van der Waals surface area contributed by atoms with Gasteiger partial charge in [-0.3, -0.25) is 9.79 Å². The van der Waals surface area contributed by atoms with Crippen molar-refractivity contribution in [1.29, 1.82) is 0 Å². The number of halogens is 2. The van der Waals surface area contributed by atoms with Gasteiger partial charge in [-0.1, -0.05) is 35.3 Å². The zero-order valence-electron chi connectivity index (χ0n) is 12.1. The molecule has 0 saturated carbocycles. The number of ether oxygens (including phenoxy) is 1. The van der Waals surface area contributed by atoms with Crippen molar-refractivity contribution in [3.63, 3.8) is 0 Å². The van der Waals surface area contributed by atoms with E-state index >= 15 is 0 Å². The van der Waals surface area contributed by atoms with Gasteiger partial charge in [0, 0.05) is 13.1 Å². The van der Waals surface area contributed by atoms with Gasteiger partial charge in [0.15, 0.2) is 0 Å². The average molecular weight is 337 g/mol. The van der Waals surface area contributed by atoms with Gasteiger partial charge in [0.05, 0.1) is 28.5 Å². The highest BCUT2D eigenvalue weighted by molar-refractivity contribution is 6.38. The zero-order chi connectivity index (χ0) is 16.1. The summed E-state index contributed by atoms with van der Waals surface area (Å²) >= 11 is 12.2. The first kappa shape index (κ1) is 16.3. The number of aliphatic imine (C=N–C) groups is 1. The summed E-state index contributed by atoms with van der Waals surface area (Å²) in [6.45, 7) is 1.41. The molecule has 0 heterocycles. The largest absolute Gasteiger partial charge is 0.497 e. The molecule has 0 aliphatic carbocycles. The Balaban J connectivity index is 2.31. The monoisotopic (exact) mass is 336 g/mol. The Morgan fingerprint density at radius 2 is 2.00 bits per heavy atom. The minimum atomic E-state index is -0.216. The summed E-state index contributed by atoms with van der Waals surface area (Å²) < 4.78 is 5.16. The number of hydrogen-bond donors (Lipinski definition) is 1. The molecule has 114 valence electrons. The number of carbonyl (C=O) groups is 1. The fraction of sp³-hybridized carbons (Fsp3) is 0.125. The molecule has 0 aromatic heterocycles. The minimum absolute atomic E-state index is 0.216. The third-order valence-electron chi connectivity index (χ3n) is 2.79. The van der Waals surface area contributed by atoms with E-state index in [0.29, 0.717) is 21.4 Å². The Morgan fingerprint density at radius 3 is 2.68 bits per heavy atom. The van der Waals surface area contributed by atoms with E-state index in [1.807, 2.05) is 24.3 Å². The molecule has 0 aliphatic rings. The molecule has 0 fully saturated rings. The topological polar surface area (TPSA) is 50.7 Å². The molecule has 2 aromatic rings. The first-order valence-corrected chi connectivity index (χ1v) is 7.20. The standard InChI is InChI=1S/C16H14Cl2N2O2/c1-10(21)20-16-8-15(13(17)7-14(16)18)19-9-11-4-3-5-12(6-11)22-2/h3-9H,1-2H3,(H,20,21). The average Bonchev–Trinajstić information content (AvgIpc) is 2.48. The fourth-order valence-corrected chi connectivity index (χ4v) is 2.27. The number of rotatable bonds is 4. The Morgan fingerprint density at radius 1 is 1.23 bits per heavy atom. The van der Waals surface area contributed by atoms with Gasteiger partial charge in [-0.2, -0.15) is 0 Å². The molecule has 1 amide bonds. The van der Waals surface area contributed by atoms with E-state index in [1.165, 1.54) is 6.92 Å². The Kier molecular flexibility index (Phi) is 5.41. The highest BCUT2D eigenvalue weighted by atomic mass is 35.5. The van der Waals surface area contributed by atoms with Gasteiger partial charge >= 0.3 is 0 Å². The van der Waals surface area contributed by atoms with Crippen molar-refractivity contribution >= 4 is 46.7 Å². The molecule has 0 aliphatic heterocycles. The predicted molar refractivity (Wildman–Crippen MR) is 91.0 cm³/mol. The predicted octanol–water partition coefficient (Wildman–Crippen LogP) is 4.71. The lowest BCUT2D eigenvalue weighted by Crippen LogP contribution is -2.06. The van der Waals surface area contributed by atoms with Crippen LogP contribution in [0.25, 0.3) is 0 Å². The molecule has 0 saturated heterocycles. The van der Waals surface area contributed by atoms with Crippen molar-refractivity contribution < 1.29 is 9.53 Å². The molecule has 0 atom stereocenters. The molecule has 0 bridgehead atoms. The lowest BCUT2D eigenvalue weighted by molar-refractivity contribution is -0.114. The molecule has 6 heteroatoms. The second-order valence-corrected chi connectivity index (χ2v) is 5.31. The van der Waals surface area contributed by atoms with Gasteiger partial charge in [0.1, 0.15) is 5.75 Å². The summed E-state index contributed by atoms with van der Waals surface area (Å²) in [7, 11) is 1.60. The zero-order valence-corrected chi connectivity index (χ0v) is 13.6. The molecular formula is C16H14Cl2N2O2. The molecular weight excluding hydrogens is 323 g/mol. The summed E-state index contributed by atoms with van der Waals surface area (Å²) in [5, 5.41) is 3.40. The Labute approximate surface area is 138 Å². The van der Waals surface area contributed by atoms with Crippen LogP contribution in [0.2, 0.25) is 10.0 Å². The first-order valence-electron chi connectivity index (χ1n) is 6.44. The van der Waals surface area contributed by atoms with Crippen LogP contribution in [0, 0.1) is 0 Å². The quantitative estimate of drug-likeness (QED) is 0.822. The van der Waals surface area contributed by atoms with Crippen molar-refractivity contribution in [1.82, 2.24) is 0 Å². The van der Waals surface area contributed by atoms with Crippen LogP contribution in [0.3, 0.4) is 0 Å². The SMILES string of the molecule is COc1cccc(C=Nc2cc(NC(C)=O)c(Cl)cc2Cl)c1. The molecule has 1 N–H and O–H groups in total. The first-order chi connectivity index (χ1) is 10.5. The normalized spacial score (nSPS) is 10.7. The smallest absolute Gasteiger partial charge is 0.221 e. The number of methoxy groups -OCH3 is 1. The van der Waals surface area contributed by atoms with E-state index in [4.69, 9.17) is 27.9 Å². The van der Waals surface area contributed by atoms with Gasteiger partial charge in [-0.25, -0.2) is 0 Å². The fourth-order valence-electron chi connectivity index (χ4n) is 1.79. The van der Waals surface area contributed by atoms with E-state index < -0.39 is 0 Å². The summed E-state index contributed by atoms with van der Waals surface area (Å²) in [4.78, 5) is 15.5. The van der Waals surface area contributed by atoms with Gasteiger partial charge in [-0.15, -0.1) is 0 Å². The number of anilines is 1. The summed E-state index contributed by atoms with van der Waals surface area (Å²) in [6, 6.07) is 10.6. The van der Waals surface area contributed by atoms with Crippen molar-refractivity contribution in [3.8, 4) is 5.75 Å². The number of nitrogens with one attached hydrogen (secondary N) is 1. The van der Waals surface area contributed by atoms with Crippen LogP contribution in [0.15, 0.2) is 41.4 Å². The number of amides is 1. The van der Waals surface area contributed by atoms with Crippen LogP contribution in [0.1, 0.15) is 12.5 Å². The lowest BCUT2D eigenvalue weighted by Gasteiger charge is -2.07. The van der Waals surface area contributed by atoms with Crippen LogP contribution in [0.5, 0.6) is 5.75 Å². The maximum Gasteiger partial charge on any atom is 0.221 e. The second-order valence-electron chi connectivity index (χ2n) is 4.50. The summed E-state index contributed by atoms with van der Waals surface area (Å²) in [6.07, 6.45) is 1.66. The second kappa shape index (κ2) is 7.29. The van der Waals surface area contributed by atoms with Crippen molar-refractivity contribution in [3.05, 3.63) is 52.0 Å². The van der Waals surface area contributed by atoms with Crippen LogP contribution < -0.4 is 10.1 Å². The highest BCUT2D eigenvalue weighted by Gasteiger charge is 2.07. The Hall–Kier alpha value is -2.04. The molecule has 22 heavy (non-hydrogen) atoms. The van der Waals surface area contributed by atoms with Gasteiger partial charge < -0.3 is 10.1 Å². The summed E-state index contributed by atoms with van der Waals surface area (Å²) in [5.41, 5.74) is 1.85. The lowest BCUT2D eigenvalue weighted by atomic mass is 10.2. The van der Waals surface area contributed by atoms with Gasteiger partial charge in [0.2, 0.25) is 5.91 Å². The molecule has 0 unspecified atom stereocenters. The number of carbonyl (C=O) groups excluding carboxylic acids is 1. The van der Waals surface area contributed by atoms with Crippen LogP contribution in [-0.4, -0.2) is 19.2 Å². The van der Waals surface area contributed by atoms with Crippen molar-refractivity contribution in [2.24, 2.45) is 4.99 Å². The van der Waals surface area contributed by atoms with E-state index in [1.54, 1.807) is 25.5 Å². The van der Waals surface area contributed by atoms with Crippen LogP contribution in [-0.2, 0) is 4.79 Å². The summed E-state index contributed by atoms with van der Waals surface area (Å²) in [5.74, 6) is 0.525. The van der Waals surface area contributed by atoms with Crippen molar-refractivity contribution in [2.45, 2.75) is 6.92 Å².